The molecule has 112 valence electrons. The summed E-state index contributed by atoms with van der Waals surface area (Å²) in [6, 6.07) is 16.3. The molecule has 0 saturated heterocycles. The summed E-state index contributed by atoms with van der Waals surface area (Å²) in [5.41, 5.74) is 9.95. The Morgan fingerprint density at radius 3 is 2.19 bits per heavy atom. The molecule has 0 bridgehead atoms. The first kappa shape index (κ1) is 15.6. The third-order valence-electron chi connectivity index (χ3n) is 3.79. The highest BCUT2D eigenvalue weighted by Crippen LogP contribution is 2.27. The molecule has 0 fully saturated rings. The van der Waals surface area contributed by atoms with Crippen molar-refractivity contribution in [2.75, 3.05) is 0 Å². The average Bonchev–Trinajstić information content (AvgIpc) is 2.46. The minimum absolute atomic E-state index is 0.0474. The van der Waals surface area contributed by atoms with Gasteiger partial charge in [0.15, 0.2) is 0 Å². The quantitative estimate of drug-likeness (QED) is 0.882. The van der Waals surface area contributed by atoms with E-state index in [4.69, 9.17) is 10.5 Å². The summed E-state index contributed by atoms with van der Waals surface area (Å²) in [4.78, 5) is 0. The molecule has 0 radical (unpaired) electrons. The number of hydrogen-bond donors (Lipinski definition) is 1. The second-order valence-electron chi connectivity index (χ2n) is 6.03. The standard InChI is InChI=1S/C19H25NO/c1-13(2)19(18(20)16-8-6-5-7-9-16)21-17-11-10-14(3)12-15(17)4/h5-13,18-19H,20H2,1-4H3. The summed E-state index contributed by atoms with van der Waals surface area (Å²) in [6.45, 7) is 8.47. The molecule has 2 rings (SSSR count). The molecule has 21 heavy (non-hydrogen) atoms. The number of rotatable bonds is 5. The van der Waals surface area contributed by atoms with Crippen molar-refractivity contribution in [3.8, 4) is 5.75 Å². The number of aryl methyl sites for hydroxylation is 2. The minimum atomic E-state index is -0.132. The number of nitrogens with two attached hydrogens (primary N) is 1. The monoisotopic (exact) mass is 283 g/mol. The van der Waals surface area contributed by atoms with Gasteiger partial charge >= 0.3 is 0 Å². The Balaban J connectivity index is 2.23. The predicted molar refractivity (Wildman–Crippen MR) is 88.5 cm³/mol. The second kappa shape index (κ2) is 6.77. The average molecular weight is 283 g/mol. The Morgan fingerprint density at radius 1 is 0.952 bits per heavy atom. The van der Waals surface area contributed by atoms with Crippen LogP contribution in [0.4, 0.5) is 0 Å². The molecule has 0 heterocycles. The molecule has 0 amide bonds. The van der Waals surface area contributed by atoms with Crippen molar-refractivity contribution in [2.24, 2.45) is 11.7 Å². The van der Waals surface area contributed by atoms with Gasteiger partial charge in [0.1, 0.15) is 11.9 Å². The maximum atomic E-state index is 6.44. The summed E-state index contributed by atoms with van der Waals surface area (Å²) in [7, 11) is 0. The Morgan fingerprint density at radius 2 is 1.62 bits per heavy atom. The first-order valence-corrected chi connectivity index (χ1v) is 7.53. The number of hydrogen-bond acceptors (Lipinski definition) is 2. The van der Waals surface area contributed by atoms with Gasteiger partial charge in [0.05, 0.1) is 6.04 Å². The summed E-state index contributed by atoms with van der Waals surface area (Å²) < 4.78 is 6.25. The molecule has 2 atom stereocenters. The number of ether oxygens (including phenoxy) is 1. The Hall–Kier alpha value is -1.80. The highest BCUT2D eigenvalue weighted by Gasteiger charge is 2.25. The fourth-order valence-corrected chi connectivity index (χ4v) is 2.57. The molecule has 0 saturated carbocycles. The van der Waals surface area contributed by atoms with Crippen LogP contribution in [0.3, 0.4) is 0 Å². The molecular weight excluding hydrogens is 258 g/mol. The Labute approximate surface area is 127 Å². The molecule has 2 unspecified atom stereocenters. The Bertz CT molecular complexity index is 577. The van der Waals surface area contributed by atoms with Crippen molar-refractivity contribution in [1.82, 2.24) is 0 Å². The molecule has 0 spiro atoms. The molecule has 0 aliphatic carbocycles. The van der Waals surface area contributed by atoms with Gasteiger partial charge in [-0.3, -0.25) is 0 Å². The minimum Gasteiger partial charge on any atom is -0.488 e. The van der Waals surface area contributed by atoms with Crippen LogP contribution in [0.15, 0.2) is 48.5 Å². The molecule has 0 aromatic heterocycles. The molecule has 0 aliphatic heterocycles. The first-order valence-electron chi connectivity index (χ1n) is 7.53. The second-order valence-corrected chi connectivity index (χ2v) is 6.03. The van der Waals surface area contributed by atoms with E-state index >= 15 is 0 Å². The van der Waals surface area contributed by atoms with Gasteiger partial charge < -0.3 is 10.5 Å². The summed E-state index contributed by atoms with van der Waals surface area (Å²) >= 11 is 0. The van der Waals surface area contributed by atoms with E-state index in [1.54, 1.807) is 0 Å². The van der Waals surface area contributed by atoms with Gasteiger partial charge in [-0.15, -0.1) is 0 Å². The van der Waals surface area contributed by atoms with E-state index < -0.39 is 0 Å². The lowest BCUT2D eigenvalue weighted by atomic mass is 9.94. The molecule has 2 nitrogen and oxygen atoms in total. The van der Waals surface area contributed by atoms with E-state index in [2.05, 4.69) is 52.0 Å². The van der Waals surface area contributed by atoms with Gasteiger partial charge in [-0.2, -0.15) is 0 Å². The van der Waals surface area contributed by atoms with E-state index in [1.165, 1.54) is 5.56 Å². The molecular formula is C19H25NO. The van der Waals surface area contributed by atoms with Gasteiger partial charge in [0.2, 0.25) is 0 Å². The first-order chi connectivity index (χ1) is 9.99. The molecule has 0 aliphatic rings. The summed E-state index contributed by atoms with van der Waals surface area (Å²) in [5, 5.41) is 0. The lowest BCUT2D eigenvalue weighted by Gasteiger charge is -2.29. The van der Waals surface area contributed by atoms with Crippen LogP contribution >= 0.6 is 0 Å². The SMILES string of the molecule is Cc1ccc(OC(C(C)C)C(N)c2ccccc2)c(C)c1. The lowest BCUT2D eigenvalue weighted by Crippen LogP contribution is -2.36. The molecule has 2 heteroatoms. The lowest BCUT2D eigenvalue weighted by molar-refractivity contribution is 0.122. The van der Waals surface area contributed by atoms with Crippen molar-refractivity contribution in [3.63, 3.8) is 0 Å². The molecule has 2 aromatic rings. The highest BCUT2D eigenvalue weighted by atomic mass is 16.5. The third kappa shape index (κ3) is 3.85. The van der Waals surface area contributed by atoms with Crippen molar-refractivity contribution >= 4 is 0 Å². The highest BCUT2D eigenvalue weighted by molar-refractivity contribution is 5.36. The fourth-order valence-electron chi connectivity index (χ4n) is 2.57. The zero-order valence-electron chi connectivity index (χ0n) is 13.3. The zero-order chi connectivity index (χ0) is 15.4. The van der Waals surface area contributed by atoms with Crippen LogP contribution in [0.25, 0.3) is 0 Å². The number of benzene rings is 2. The normalized spacial score (nSPS) is 14.0. The van der Waals surface area contributed by atoms with Gasteiger partial charge in [0, 0.05) is 0 Å². The summed E-state index contributed by atoms with van der Waals surface area (Å²) in [5.74, 6) is 1.26. The summed E-state index contributed by atoms with van der Waals surface area (Å²) in [6.07, 6.45) is -0.0474. The molecule has 2 aromatic carbocycles. The third-order valence-corrected chi connectivity index (χ3v) is 3.79. The van der Waals surface area contributed by atoms with Crippen LogP contribution in [0.2, 0.25) is 0 Å². The van der Waals surface area contributed by atoms with Crippen molar-refractivity contribution in [2.45, 2.75) is 39.8 Å². The van der Waals surface area contributed by atoms with Crippen LogP contribution in [-0.4, -0.2) is 6.10 Å². The van der Waals surface area contributed by atoms with Crippen LogP contribution in [0.1, 0.15) is 36.6 Å². The van der Waals surface area contributed by atoms with Crippen LogP contribution in [-0.2, 0) is 0 Å². The van der Waals surface area contributed by atoms with Crippen molar-refractivity contribution in [3.05, 3.63) is 65.2 Å². The predicted octanol–water partition coefficient (Wildman–Crippen LogP) is 4.41. The maximum Gasteiger partial charge on any atom is 0.122 e. The van der Waals surface area contributed by atoms with Crippen LogP contribution in [0.5, 0.6) is 5.75 Å². The van der Waals surface area contributed by atoms with Crippen LogP contribution < -0.4 is 10.5 Å². The molecule has 2 N–H and O–H groups in total. The van der Waals surface area contributed by atoms with Crippen molar-refractivity contribution < 1.29 is 4.74 Å². The van der Waals surface area contributed by atoms with Crippen LogP contribution in [0, 0.1) is 19.8 Å². The zero-order valence-corrected chi connectivity index (χ0v) is 13.3. The van der Waals surface area contributed by atoms with E-state index in [9.17, 15) is 0 Å². The van der Waals surface area contributed by atoms with E-state index in [0.29, 0.717) is 5.92 Å². The largest absolute Gasteiger partial charge is 0.488 e. The van der Waals surface area contributed by atoms with E-state index in [1.807, 2.05) is 24.3 Å². The smallest absolute Gasteiger partial charge is 0.122 e. The topological polar surface area (TPSA) is 35.2 Å². The maximum absolute atomic E-state index is 6.44. The fraction of sp³-hybridized carbons (Fsp3) is 0.368. The van der Waals surface area contributed by atoms with Gasteiger partial charge in [0.25, 0.3) is 0 Å². The van der Waals surface area contributed by atoms with Gasteiger partial charge in [-0.25, -0.2) is 0 Å². The van der Waals surface area contributed by atoms with Crippen molar-refractivity contribution in [1.29, 1.82) is 0 Å². The Kier molecular flexibility index (Phi) is 5.03. The van der Waals surface area contributed by atoms with E-state index in [-0.39, 0.29) is 12.1 Å². The van der Waals surface area contributed by atoms with E-state index in [0.717, 1.165) is 16.9 Å². The van der Waals surface area contributed by atoms with Gasteiger partial charge in [-0.05, 0) is 37.0 Å². The van der Waals surface area contributed by atoms with Gasteiger partial charge in [-0.1, -0.05) is 61.9 Å².